The number of anilines is 1. The molecule has 4 rings (SSSR count). The molecule has 0 saturated carbocycles. The first-order valence-electron chi connectivity index (χ1n) is 8.50. The Morgan fingerprint density at radius 3 is 2.88 bits per heavy atom. The minimum Gasteiger partial charge on any atom is -0.347 e. The van der Waals surface area contributed by atoms with Gasteiger partial charge in [0.2, 0.25) is 5.95 Å². The van der Waals surface area contributed by atoms with Crippen molar-refractivity contribution in [2.75, 3.05) is 32.1 Å². The molecule has 0 bridgehead atoms. The summed E-state index contributed by atoms with van der Waals surface area (Å²) in [5, 5.41) is 1.81. The van der Waals surface area contributed by atoms with E-state index >= 15 is 0 Å². The fourth-order valence-electron chi connectivity index (χ4n) is 3.98. The Morgan fingerprint density at radius 1 is 1.32 bits per heavy atom. The summed E-state index contributed by atoms with van der Waals surface area (Å²) in [6.07, 6.45) is 5.64. The number of hydrogen-bond donors (Lipinski definition) is 0. The first-order valence-corrected chi connectivity index (χ1v) is 10.8. The van der Waals surface area contributed by atoms with Gasteiger partial charge in [-0.2, -0.15) is 4.31 Å². The second-order valence-corrected chi connectivity index (χ2v) is 10.2. The molecular weight excluding hydrogens is 356 g/mol. The van der Waals surface area contributed by atoms with Gasteiger partial charge < -0.3 is 4.90 Å². The lowest BCUT2D eigenvalue weighted by atomic mass is 9.78. The largest absolute Gasteiger partial charge is 0.347 e. The molecule has 1 spiro atoms. The van der Waals surface area contributed by atoms with Crippen LogP contribution in [0.2, 0.25) is 0 Å². The van der Waals surface area contributed by atoms with Gasteiger partial charge in [0.1, 0.15) is 4.21 Å². The quantitative estimate of drug-likeness (QED) is 0.820. The predicted molar refractivity (Wildman–Crippen MR) is 98.7 cm³/mol. The van der Waals surface area contributed by atoms with Gasteiger partial charge in [0.25, 0.3) is 10.0 Å². The van der Waals surface area contributed by atoms with E-state index in [4.69, 9.17) is 4.98 Å². The van der Waals surface area contributed by atoms with Crippen LogP contribution in [0, 0.1) is 0 Å². The lowest BCUT2D eigenvalue weighted by Crippen LogP contribution is -2.47. The van der Waals surface area contributed by atoms with Crippen LogP contribution < -0.4 is 4.90 Å². The number of piperidine rings is 1. The van der Waals surface area contributed by atoms with Gasteiger partial charge in [-0.3, -0.25) is 0 Å². The van der Waals surface area contributed by atoms with Gasteiger partial charge in [0.15, 0.2) is 0 Å². The zero-order chi connectivity index (χ0) is 17.7. The molecule has 1 saturated heterocycles. The smallest absolute Gasteiger partial charge is 0.252 e. The summed E-state index contributed by atoms with van der Waals surface area (Å²) in [6.45, 7) is 1.10. The molecule has 8 heteroatoms. The fraction of sp³-hybridized carbons (Fsp3) is 0.529. The first-order chi connectivity index (χ1) is 11.9. The van der Waals surface area contributed by atoms with Crippen LogP contribution in [-0.4, -0.2) is 49.9 Å². The van der Waals surface area contributed by atoms with E-state index in [1.165, 1.54) is 16.9 Å². The maximum absolute atomic E-state index is 13.0. The summed E-state index contributed by atoms with van der Waals surface area (Å²) < 4.78 is 28.0. The molecule has 1 unspecified atom stereocenters. The van der Waals surface area contributed by atoms with Crippen molar-refractivity contribution in [3.05, 3.63) is 35.0 Å². The summed E-state index contributed by atoms with van der Waals surface area (Å²) in [6, 6.07) is 3.48. The number of thiophene rings is 1. The third-order valence-corrected chi connectivity index (χ3v) is 8.48. The maximum atomic E-state index is 13.0. The molecule has 1 aliphatic carbocycles. The van der Waals surface area contributed by atoms with Crippen LogP contribution in [0.15, 0.2) is 27.9 Å². The molecule has 134 valence electrons. The molecule has 0 aromatic carbocycles. The van der Waals surface area contributed by atoms with Crippen molar-refractivity contribution < 1.29 is 8.42 Å². The Morgan fingerprint density at radius 2 is 2.16 bits per heavy atom. The number of nitrogens with zero attached hydrogens (tertiary/aromatic N) is 4. The standard InChI is InChI=1S/C17H22N4O2S2/c1-20(2)16-18-11-13-6-8-17(15(13)19-16)7-4-9-21(12-17)25(22,23)14-5-3-10-24-14/h3,5,10-11H,4,6-9,12H2,1-2H3. The summed E-state index contributed by atoms with van der Waals surface area (Å²) in [4.78, 5) is 11.1. The van der Waals surface area contributed by atoms with Crippen molar-refractivity contribution in [1.29, 1.82) is 0 Å². The van der Waals surface area contributed by atoms with E-state index in [0.717, 1.165) is 31.4 Å². The second kappa shape index (κ2) is 6.03. The number of fused-ring (bicyclic) bond motifs is 2. The third-order valence-electron chi connectivity index (χ3n) is 5.26. The average molecular weight is 379 g/mol. The summed E-state index contributed by atoms with van der Waals surface area (Å²) in [5.41, 5.74) is 2.05. The van der Waals surface area contributed by atoms with E-state index < -0.39 is 10.0 Å². The van der Waals surface area contributed by atoms with Crippen molar-refractivity contribution in [3.8, 4) is 0 Å². The molecule has 2 aliphatic rings. The molecule has 6 nitrogen and oxygen atoms in total. The molecule has 1 aliphatic heterocycles. The zero-order valence-electron chi connectivity index (χ0n) is 14.5. The normalized spacial score (nSPS) is 23.8. The van der Waals surface area contributed by atoms with Gasteiger partial charge in [0, 0.05) is 38.8 Å². The molecule has 25 heavy (non-hydrogen) atoms. The van der Waals surface area contributed by atoms with Crippen molar-refractivity contribution in [3.63, 3.8) is 0 Å². The van der Waals surface area contributed by atoms with Gasteiger partial charge in [-0.1, -0.05) is 6.07 Å². The van der Waals surface area contributed by atoms with Gasteiger partial charge in [-0.15, -0.1) is 11.3 Å². The molecule has 1 atom stereocenters. The molecule has 2 aromatic heterocycles. The Kier molecular flexibility index (Phi) is 4.09. The number of aryl methyl sites for hydroxylation is 1. The molecule has 0 radical (unpaired) electrons. The van der Waals surface area contributed by atoms with E-state index in [2.05, 4.69) is 4.98 Å². The molecular formula is C17H22N4O2S2. The molecule has 0 amide bonds. The van der Waals surface area contributed by atoms with Crippen LogP contribution in [-0.2, 0) is 21.9 Å². The number of sulfonamides is 1. The number of aromatic nitrogens is 2. The van der Waals surface area contributed by atoms with Crippen LogP contribution >= 0.6 is 11.3 Å². The highest BCUT2D eigenvalue weighted by molar-refractivity contribution is 7.91. The highest BCUT2D eigenvalue weighted by atomic mass is 32.2. The monoisotopic (exact) mass is 378 g/mol. The fourth-order valence-corrected chi connectivity index (χ4v) is 6.69. The van der Waals surface area contributed by atoms with E-state index in [9.17, 15) is 8.42 Å². The lowest BCUT2D eigenvalue weighted by molar-refractivity contribution is 0.220. The summed E-state index contributed by atoms with van der Waals surface area (Å²) in [5.74, 6) is 0.693. The van der Waals surface area contributed by atoms with Crippen molar-refractivity contribution in [1.82, 2.24) is 14.3 Å². The highest BCUT2D eigenvalue weighted by Crippen LogP contribution is 2.45. The summed E-state index contributed by atoms with van der Waals surface area (Å²) in [7, 11) is 0.444. The molecule has 0 N–H and O–H groups in total. The predicted octanol–water partition coefficient (Wildman–Crippen LogP) is 2.27. The average Bonchev–Trinajstić information content (AvgIpc) is 3.25. The van der Waals surface area contributed by atoms with Gasteiger partial charge >= 0.3 is 0 Å². The van der Waals surface area contributed by atoms with E-state index in [0.29, 0.717) is 23.2 Å². The summed E-state index contributed by atoms with van der Waals surface area (Å²) >= 11 is 1.28. The number of rotatable bonds is 3. The van der Waals surface area contributed by atoms with Crippen molar-refractivity contribution >= 4 is 27.3 Å². The van der Waals surface area contributed by atoms with Crippen molar-refractivity contribution in [2.24, 2.45) is 0 Å². The lowest BCUT2D eigenvalue weighted by Gasteiger charge is -2.39. The van der Waals surface area contributed by atoms with E-state index in [-0.39, 0.29) is 5.41 Å². The minimum absolute atomic E-state index is 0.175. The van der Waals surface area contributed by atoms with Crippen LogP contribution in [0.3, 0.4) is 0 Å². The Bertz CT molecular complexity index is 876. The molecule has 1 fully saturated rings. The Hall–Kier alpha value is -1.51. The Labute approximate surface area is 152 Å². The first kappa shape index (κ1) is 16.9. The van der Waals surface area contributed by atoms with Crippen molar-refractivity contribution in [2.45, 2.75) is 35.3 Å². The topological polar surface area (TPSA) is 66.4 Å². The van der Waals surface area contributed by atoms with E-state index in [1.54, 1.807) is 16.4 Å². The molecule has 2 aromatic rings. The number of hydrogen-bond acceptors (Lipinski definition) is 6. The van der Waals surface area contributed by atoms with Gasteiger partial charge in [-0.25, -0.2) is 18.4 Å². The Balaban J connectivity index is 1.70. The maximum Gasteiger partial charge on any atom is 0.252 e. The SMILES string of the molecule is CN(C)c1ncc2c(n1)C1(CCCN(S(=O)(=O)c3cccs3)C1)CC2. The van der Waals surface area contributed by atoms with Crippen LogP contribution in [0.25, 0.3) is 0 Å². The van der Waals surface area contributed by atoms with Crippen LogP contribution in [0.1, 0.15) is 30.5 Å². The van der Waals surface area contributed by atoms with E-state index in [1.807, 2.05) is 30.6 Å². The second-order valence-electron chi connectivity index (χ2n) is 7.09. The van der Waals surface area contributed by atoms with Crippen LogP contribution in [0.4, 0.5) is 5.95 Å². The third kappa shape index (κ3) is 2.76. The van der Waals surface area contributed by atoms with Crippen LogP contribution in [0.5, 0.6) is 0 Å². The highest BCUT2D eigenvalue weighted by Gasteiger charge is 2.46. The zero-order valence-corrected chi connectivity index (χ0v) is 16.1. The minimum atomic E-state index is -3.41. The van der Waals surface area contributed by atoms with Gasteiger partial charge in [-0.05, 0) is 42.7 Å². The molecule has 3 heterocycles. The van der Waals surface area contributed by atoms with Gasteiger partial charge in [0.05, 0.1) is 5.69 Å².